The van der Waals surface area contributed by atoms with Crippen LogP contribution in [0.3, 0.4) is 0 Å². The van der Waals surface area contributed by atoms with E-state index < -0.39 is 29.7 Å². The molecule has 0 bridgehead atoms. The minimum absolute atomic E-state index is 0.0397. The number of rotatable bonds is 4. The maximum Gasteiger partial charge on any atom is 0.330 e. The van der Waals surface area contributed by atoms with E-state index in [9.17, 15) is 19.5 Å². The zero-order valence-electron chi connectivity index (χ0n) is 14.7. The molecule has 1 aliphatic rings. The Balaban J connectivity index is 1.72. The van der Waals surface area contributed by atoms with Crippen molar-refractivity contribution in [2.45, 2.75) is 24.9 Å². The van der Waals surface area contributed by atoms with E-state index in [4.69, 9.17) is 9.84 Å². The van der Waals surface area contributed by atoms with Crippen LogP contribution in [0, 0.1) is 11.8 Å². The number of nitrogens with zero attached hydrogens (tertiary/aromatic N) is 1. The lowest BCUT2D eigenvalue weighted by molar-refractivity contribution is -0.0459. The fourth-order valence-electron chi connectivity index (χ4n) is 2.73. The summed E-state index contributed by atoms with van der Waals surface area (Å²) in [5, 5.41) is 18.8. The maximum atomic E-state index is 12.0. The Morgan fingerprint density at radius 2 is 2.07 bits per heavy atom. The third-order valence-corrected chi connectivity index (χ3v) is 4.96. The highest BCUT2D eigenvalue weighted by Gasteiger charge is 2.35. The molecule has 1 fully saturated rings. The van der Waals surface area contributed by atoms with Crippen molar-refractivity contribution in [1.29, 1.82) is 0 Å². The lowest BCUT2D eigenvalue weighted by Crippen LogP contribution is -2.33. The smallest absolute Gasteiger partial charge is 0.330 e. The molecule has 2 heterocycles. The molecular weight excluding hydrogens is 384 g/mol. The van der Waals surface area contributed by atoms with Gasteiger partial charge in [0.15, 0.2) is 0 Å². The van der Waals surface area contributed by atoms with Crippen molar-refractivity contribution in [2.75, 3.05) is 12.4 Å². The van der Waals surface area contributed by atoms with E-state index in [0.717, 1.165) is 16.3 Å². The lowest BCUT2D eigenvalue weighted by atomic mass is 10.2. The number of nitrogens with one attached hydrogen (secondary N) is 1. The van der Waals surface area contributed by atoms with E-state index in [1.165, 1.54) is 6.20 Å². The van der Waals surface area contributed by atoms with E-state index >= 15 is 0 Å². The number of aromatic nitrogens is 2. The number of carbonyl (C=O) groups is 1. The van der Waals surface area contributed by atoms with Crippen LogP contribution in [-0.4, -0.2) is 49.4 Å². The summed E-state index contributed by atoms with van der Waals surface area (Å²) in [4.78, 5) is 38.2. The summed E-state index contributed by atoms with van der Waals surface area (Å²) < 4.78 is 6.57. The molecule has 1 saturated heterocycles. The highest BCUT2D eigenvalue weighted by Crippen LogP contribution is 2.27. The molecule has 28 heavy (non-hydrogen) atoms. The molecule has 8 nitrogen and oxygen atoms in total. The van der Waals surface area contributed by atoms with Gasteiger partial charge in [-0.1, -0.05) is 53.9 Å². The van der Waals surface area contributed by atoms with Crippen LogP contribution in [-0.2, 0) is 4.74 Å². The van der Waals surface area contributed by atoms with Crippen LogP contribution >= 0.6 is 11.8 Å². The third kappa shape index (κ3) is 4.61. The van der Waals surface area contributed by atoms with Crippen LogP contribution in [0.5, 0.6) is 0 Å². The van der Waals surface area contributed by atoms with Gasteiger partial charge >= 0.3 is 5.69 Å². The molecule has 3 atom stereocenters. The number of aliphatic hydroxyl groups excluding tert-OH is 2. The van der Waals surface area contributed by atoms with Crippen LogP contribution < -0.4 is 11.2 Å². The average molecular weight is 402 g/mol. The topological polar surface area (TPSA) is 122 Å². The third-order valence-electron chi connectivity index (χ3n) is 4.17. The Kier molecular flexibility index (Phi) is 6.49. The van der Waals surface area contributed by atoms with Gasteiger partial charge in [0.2, 0.25) is 5.12 Å². The molecule has 1 aromatic carbocycles. The predicted octanol–water partition coefficient (Wildman–Crippen LogP) is 0.102. The Labute approximate surface area is 164 Å². The first-order chi connectivity index (χ1) is 13.5. The van der Waals surface area contributed by atoms with Gasteiger partial charge in [-0.3, -0.25) is 19.1 Å². The summed E-state index contributed by atoms with van der Waals surface area (Å²) >= 11 is 1.01. The Morgan fingerprint density at radius 3 is 2.75 bits per heavy atom. The van der Waals surface area contributed by atoms with Gasteiger partial charge in [-0.2, -0.15) is 0 Å². The summed E-state index contributed by atoms with van der Waals surface area (Å²) in [6.07, 6.45) is -1.16. The molecule has 0 saturated carbocycles. The number of aliphatic hydroxyl groups is 2. The second-order valence-corrected chi connectivity index (χ2v) is 7.02. The number of benzene rings is 1. The van der Waals surface area contributed by atoms with Gasteiger partial charge in [0.05, 0.1) is 18.5 Å². The molecule has 0 aliphatic carbocycles. The van der Waals surface area contributed by atoms with Crippen molar-refractivity contribution in [3.8, 4) is 11.8 Å². The van der Waals surface area contributed by atoms with Crippen LogP contribution in [0.15, 0.2) is 46.1 Å². The average Bonchev–Trinajstić information content (AvgIpc) is 3.07. The summed E-state index contributed by atoms with van der Waals surface area (Å²) in [5.41, 5.74) is -0.737. The number of hydrogen-bond acceptors (Lipinski definition) is 7. The largest absolute Gasteiger partial charge is 0.394 e. The van der Waals surface area contributed by atoms with Crippen molar-refractivity contribution >= 4 is 16.9 Å². The molecule has 0 amide bonds. The van der Waals surface area contributed by atoms with Crippen LogP contribution in [0.25, 0.3) is 0 Å². The normalized spacial score (nSPS) is 21.1. The number of hydrogen-bond donors (Lipinski definition) is 3. The van der Waals surface area contributed by atoms with E-state index in [1.807, 2.05) is 6.07 Å². The molecule has 0 unspecified atom stereocenters. The van der Waals surface area contributed by atoms with Crippen molar-refractivity contribution in [3.05, 3.63) is 68.5 Å². The first-order valence-corrected chi connectivity index (χ1v) is 9.49. The monoisotopic (exact) mass is 402 g/mol. The SMILES string of the molecule is O=C(SCC#Cc1cn([C@H]2C[C@H](O)[C@@H](CO)O2)c(=O)[nH]c1=O)c1ccccc1. The van der Waals surface area contributed by atoms with Crippen LogP contribution in [0.2, 0.25) is 0 Å². The van der Waals surface area contributed by atoms with Gasteiger partial charge in [-0.05, 0) is 0 Å². The van der Waals surface area contributed by atoms with Gasteiger partial charge in [0, 0.05) is 18.2 Å². The van der Waals surface area contributed by atoms with Crippen molar-refractivity contribution in [1.82, 2.24) is 9.55 Å². The van der Waals surface area contributed by atoms with Gasteiger partial charge < -0.3 is 14.9 Å². The van der Waals surface area contributed by atoms with Gasteiger partial charge in [0.25, 0.3) is 5.56 Å². The van der Waals surface area contributed by atoms with Crippen molar-refractivity contribution in [3.63, 3.8) is 0 Å². The fourth-order valence-corrected chi connectivity index (χ4v) is 3.31. The van der Waals surface area contributed by atoms with Gasteiger partial charge in [-0.25, -0.2) is 4.79 Å². The molecule has 0 spiro atoms. The first kappa shape index (κ1) is 20.1. The molecular formula is C19H18N2O6S. The highest BCUT2D eigenvalue weighted by atomic mass is 32.2. The second-order valence-electron chi connectivity index (χ2n) is 6.07. The highest BCUT2D eigenvalue weighted by molar-refractivity contribution is 8.14. The number of aromatic amines is 1. The minimum Gasteiger partial charge on any atom is -0.394 e. The number of carbonyl (C=O) groups excluding carboxylic acids is 1. The van der Waals surface area contributed by atoms with Crippen molar-refractivity contribution in [2.24, 2.45) is 0 Å². The first-order valence-electron chi connectivity index (χ1n) is 8.50. The zero-order chi connectivity index (χ0) is 20.1. The van der Waals surface area contributed by atoms with Crippen LogP contribution in [0.1, 0.15) is 28.6 Å². The van der Waals surface area contributed by atoms with E-state index in [1.54, 1.807) is 24.3 Å². The summed E-state index contributed by atoms with van der Waals surface area (Å²) in [7, 11) is 0. The quantitative estimate of drug-likeness (QED) is 0.620. The molecule has 2 aromatic rings. The van der Waals surface area contributed by atoms with E-state index in [0.29, 0.717) is 5.56 Å². The van der Waals surface area contributed by atoms with E-state index in [-0.39, 0.29) is 29.5 Å². The molecule has 3 N–H and O–H groups in total. The molecule has 3 rings (SSSR count). The molecule has 9 heteroatoms. The van der Waals surface area contributed by atoms with Gasteiger partial charge in [-0.15, -0.1) is 0 Å². The van der Waals surface area contributed by atoms with E-state index in [2.05, 4.69) is 16.8 Å². The molecule has 0 radical (unpaired) electrons. The molecule has 1 aliphatic heterocycles. The Hall–Kier alpha value is -2.64. The van der Waals surface area contributed by atoms with Gasteiger partial charge in [0.1, 0.15) is 17.9 Å². The summed E-state index contributed by atoms with van der Waals surface area (Å²) in [6, 6.07) is 8.77. The minimum atomic E-state index is -0.913. The number of H-pyrrole nitrogens is 1. The number of ether oxygens (including phenoxy) is 1. The summed E-state index contributed by atoms with van der Waals surface area (Å²) in [6.45, 7) is -0.380. The molecule has 146 valence electrons. The number of thioether (sulfide) groups is 1. The standard InChI is InChI=1S/C19H18N2O6S/c22-11-15-14(23)9-16(27-15)21-10-13(17(24)20-19(21)26)7-4-8-28-18(25)12-5-2-1-3-6-12/h1-3,5-6,10,14-16,22-23H,8-9,11H2,(H,20,24,26)/t14-,15+,16+/m0/s1. The lowest BCUT2D eigenvalue weighted by Gasteiger charge is -2.14. The maximum absolute atomic E-state index is 12.0. The fraction of sp³-hybridized carbons (Fsp3) is 0.316. The van der Waals surface area contributed by atoms with Crippen LogP contribution in [0.4, 0.5) is 0 Å². The Morgan fingerprint density at radius 1 is 1.32 bits per heavy atom. The zero-order valence-corrected chi connectivity index (χ0v) is 15.5. The summed E-state index contributed by atoms with van der Waals surface area (Å²) in [5.74, 6) is 5.57. The molecule has 1 aromatic heterocycles. The van der Waals surface area contributed by atoms with Crippen molar-refractivity contribution < 1.29 is 19.7 Å². The Bertz CT molecular complexity index is 1020. The predicted molar refractivity (Wildman–Crippen MR) is 103 cm³/mol. The second kappa shape index (κ2) is 9.03.